The quantitative estimate of drug-likeness (QED) is 0.392. The van der Waals surface area contributed by atoms with Crippen molar-refractivity contribution in [2.24, 2.45) is 11.7 Å². The number of halogens is 2. The molecule has 2 amide bonds. The first-order valence-electron chi connectivity index (χ1n) is 12.9. The van der Waals surface area contributed by atoms with Gasteiger partial charge in [-0.3, -0.25) is 9.59 Å². The monoisotopic (exact) mass is 533 g/mol. The SMILES string of the molecule is C[C@@H]1c2cc(F)sc2CCN1C(=O)c1cc(C2CC2)n2nc(-c3ccc([C@H]4C[C@@H]4C(N)=O)cc3F)cc2n1. The number of hydrogen-bond donors (Lipinski definition) is 1. The first-order valence-corrected chi connectivity index (χ1v) is 13.7. The highest BCUT2D eigenvalue weighted by atomic mass is 32.1. The summed E-state index contributed by atoms with van der Waals surface area (Å²) in [4.78, 5) is 32.4. The van der Waals surface area contributed by atoms with Crippen LogP contribution in [0.3, 0.4) is 0 Å². The van der Waals surface area contributed by atoms with E-state index in [4.69, 9.17) is 5.73 Å². The van der Waals surface area contributed by atoms with Crippen molar-refractivity contribution in [3.63, 3.8) is 0 Å². The maximum atomic E-state index is 15.2. The molecule has 0 bridgehead atoms. The van der Waals surface area contributed by atoms with E-state index in [9.17, 15) is 14.0 Å². The third-order valence-corrected chi connectivity index (χ3v) is 9.09. The minimum atomic E-state index is -0.425. The van der Waals surface area contributed by atoms with Crippen LogP contribution in [0.1, 0.15) is 76.3 Å². The number of carbonyl (C=O) groups excluding carboxylic acids is 2. The molecule has 10 heteroatoms. The smallest absolute Gasteiger partial charge is 0.273 e. The summed E-state index contributed by atoms with van der Waals surface area (Å²) in [6.07, 6.45) is 3.24. The second kappa shape index (κ2) is 8.42. The second-order valence-corrected chi connectivity index (χ2v) is 11.7. The number of amides is 2. The Morgan fingerprint density at radius 2 is 1.95 bits per heavy atom. The lowest BCUT2D eigenvalue weighted by Crippen LogP contribution is -2.38. The average Bonchev–Trinajstić information content (AvgIpc) is 3.80. The molecule has 0 unspecified atom stereocenters. The van der Waals surface area contributed by atoms with Crippen molar-refractivity contribution in [1.29, 1.82) is 0 Å². The van der Waals surface area contributed by atoms with Crippen LogP contribution in [0.2, 0.25) is 0 Å². The molecule has 4 heterocycles. The Kier molecular flexibility index (Phi) is 5.20. The summed E-state index contributed by atoms with van der Waals surface area (Å²) in [5.74, 6) is -0.982. The minimum Gasteiger partial charge on any atom is -0.369 e. The standard InChI is InChI=1S/C28H25F2N5O2S/c1-13-17-10-25(30)38-24(17)6-7-34(13)28(37)22-11-23(14-2-3-14)35-26(32-22)12-21(33-35)16-5-4-15(8-20(16)29)18-9-19(18)27(31)36/h4-5,8,10-14,18-19H,2-3,6-7,9H2,1H3,(H2,31,36)/t13-,18-,19+/m1/s1. The number of carbonyl (C=O) groups is 2. The topological polar surface area (TPSA) is 93.6 Å². The number of primary amides is 1. The van der Waals surface area contributed by atoms with E-state index in [2.05, 4.69) is 10.1 Å². The molecule has 7 rings (SSSR count). The second-order valence-electron chi connectivity index (χ2n) is 10.6. The number of fused-ring (bicyclic) bond motifs is 2. The predicted octanol–water partition coefficient (Wildman–Crippen LogP) is 4.96. The maximum absolute atomic E-state index is 15.2. The fourth-order valence-corrected chi connectivity index (χ4v) is 6.68. The Morgan fingerprint density at radius 3 is 2.66 bits per heavy atom. The van der Waals surface area contributed by atoms with E-state index in [1.807, 2.05) is 13.0 Å². The van der Waals surface area contributed by atoms with Gasteiger partial charge in [-0.1, -0.05) is 6.07 Å². The van der Waals surface area contributed by atoms with Gasteiger partial charge in [0.05, 0.1) is 11.7 Å². The van der Waals surface area contributed by atoms with Crippen LogP contribution < -0.4 is 5.73 Å². The number of thiophene rings is 1. The van der Waals surface area contributed by atoms with E-state index in [0.717, 1.165) is 45.9 Å². The molecule has 2 aliphatic carbocycles. The number of nitrogens with two attached hydrogens (primary N) is 1. The third kappa shape index (κ3) is 3.81. The number of hydrogen-bond acceptors (Lipinski definition) is 5. The fourth-order valence-electron chi connectivity index (χ4n) is 5.72. The number of nitrogens with zero attached hydrogens (tertiary/aromatic N) is 4. The van der Waals surface area contributed by atoms with Crippen LogP contribution in [0, 0.1) is 16.9 Å². The van der Waals surface area contributed by atoms with Gasteiger partial charge >= 0.3 is 0 Å². The van der Waals surface area contributed by atoms with E-state index >= 15 is 4.39 Å². The van der Waals surface area contributed by atoms with E-state index in [1.165, 1.54) is 12.1 Å². The van der Waals surface area contributed by atoms with Crippen molar-refractivity contribution in [3.05, 3.63) is 74.7 Å². The van der Waals surface area contributed by atoms with Crippen molar-refractivity contribution in [3.8, 4) is 11.3 Å². The first-order chi connectivity index (χ1) is 18.3. The van der Waals surface area contributed by atoms with Crippen molar-refractivity contribution < 1.29 is 18.4 Å². The summed E-state index contributed by atoms with van der Waals surface area (Å²) >= 11 is 1.15. The lowest BCUT2D eigenvalue weighted by molar-refractivity contribution is -0.119. The van der Waals surface area contributed by atoms with Gasteiger partial charge in [-0.2, -0.15) is 9.49 Å². The molecule has 3 aromatic heterocycles. The Labute approximate surface area is 221 Å². The summed E-state index contributed by atoms with van der Waals surface area (Å²) in [6, 6.07) is 9.74. The van der Waals surface area contributed by atoms with Crippen LogP contribution in [0.15, 0.2) is 36.4 Å². The molecule has 0 spiro atoms. The summed E-state index contributed by atoms with van der Waals surface area (Å²) in [7, 11) is 0. The van der Waals surface area contributed by atoms with Gasteiger partial charge in [0.15, 0.2) is 10.8 Å². The lowest BCUT2D eigenvalue weighted by Gasteiger charge is -2.33. The zero-order valence-electron chi connectivity index (χ0n) is 20.7. The molecule has 2 fully saturated rings. The van der Waals surface area contributed by atoms with Gasteiger partial charge in [-0.15, -0.1) is 11.3 Å². The summed E-state index contributed by atoms with van der Waals surface area (Å²) < 4.78 is 30.8. The van der Waals surface area contributed by atoms with Gasteiger partial charge in [0.1, 0.15) is 11.5 Å². The minimum absolute atomic E-state index is 0.0346. The summed E-state index contributed by atoms with van der Waals surface area (Å²) in [5, 5.41) is 4.44. The van der Waals surface area contributed by atoms with Gasteiger partial charge < -0.3 is 10.6 Å². The fraction of sp³-hybridized carbons (Fsp3) is 0.357. The van der Waals surface area contributed by atoms with Crippen LogP contribution in [-0.2, 0) is 11.2 Å². The number of rotatable bonds is 5. The molecule has 3 atom stereocenters. The van der Waals surface area contributed by atoms with E-state index in [-0.39, 0.29) is 40.7 Å². The third-order valence-electron chi connectivity index (χ3n) is 8.09. The highest BCUT2D eigenvalue weighted by Crippen LogP contribution is 2.48. The number of benzene rings is 1. The van der Waals surface area contributed by atoms with Crippen LogP contribution in [0.5, 0.6) is 0 Å². The molecular weight excluding hydrogens is 508 g/mol. The van der Waals surface area contributed by atoms with Crippen LogP contribution in [-0.4, -0.2) is 37.9 Å². The maximum Gasteiger partial charge on any atom is 0.273 e. The van der Waals surface area contributed by atoms with Crippen LogP contribution in [0.25, 0.3) is 16.9 Å². The molecular formula is C28H25F2N5O2S. The zero-order valence-corrected chi connectivity index (χ0v) is 21.5. The van der Waals surface area contributed by atoms with Gasteiger partial charge in [0.2, 0.25) is 5.91 Å². The van der Waals surface area contributed by atoms with E-state index in [1.54, 1.807) is 27.6 Å². The first kappa shape index (κ1) is 23.5. The van der Waals surface area contributed by atoms with Crippen molar-refractivity contribution in [2.75, 3.05) is 6.54 Å². The van der Waals surface area contributed by atoms with Crippen molar-refractivity contribution in [2.45, 2.75) is 50.5 Å². The van der Waals surface area contributed by atoms with Crippen LogP contribution in [0.4, 0.5) is 8.78 Å². The lowest BCUT2D eigenvalue weighted by atomic mass is 10.0. The Balaban J connectivity index is 1.23. The van der Waals surface area contributed by atoms with Crippen molar-refractivity contribution in [1.82, 2.24) is 19.5 Å². The summed E-state index contributed by atoms with van der Waals surface area (Å²) in [6.45, 7) is 2.41. The van der Waals surface area contributed by atoms with E-state index < -0.39 is 5.82 Å². The van der Waals surface area contributed by atoms with Crippen molar-refractivity contribution >= 4 is 28.8 Å². The molecule has 2 N–H and O–H groups in total. The highest BCUT2D eigenvalue weighted by Gasteiger charge is 2.43. The summed E-state index contributed by atoms with van der Waals surface area (Å²) in [5.41, 5.74) is 9.46. The van der Waals surface area contributed by atoms with Gasteiger partial charge in [0, 0.05) is 40.6 Å². The molecule has 38 heavy (non-hydrogen) atoms. The molecule has 2 saturated carbocycles. The van der Waals surface area contributed by atoms with Gasteiger partial charge in [0.25, 0.3) is 5.91 Å². The molecule has 3 aliphatic rings. The predicted molar refractivity (Wildman–Crippen MR) is 138 cm³/mol. The Bertz CT molecular complexity index is 1640. The Hall–Kier alpha value is -3.66. The van der Waals surface area contributed by atoms with Crippen LogP contribution >= 0.6 is 11.3 Å². The molecule has 194 valence electrons. The molecule has 1 aromatic carbocycles. The zero-order chi connectivity index (χ0) is 26.3. The van der Waals surface area contributed by atoms with Gasteiger partial charge in [-0.05, 0) is 73.9 Å². The average molecular weight is 534 g/mol. The normalized spacial score (nSPS) is 22.5. The highest BCUT2D eigenvalue weighted by molar-refractivity contribution is 7.10. The molecule has 7 nitrogen and oxygen atoms in total. The molecule has 0 radical (unpaired) electrons. The molecule has 1 aliphatic heterocycles. The van der Waals surface area contributed by atoms with E-state index in [0.29, 0.717) is 42.0 Å². The number of aromatic nitrogens is 3. The largest absolute Gasteiger partial charge is 0.369 e. The molecule has 4 aromatic rings. The Morgan fingerprint density at radius 1 is 1.13 bits per heavy atom. The molecule has 0 saturated heterocycles. The van der Waals surface area contributed by atoms with Gasteiger partial charge in [-0.25, -0.2) is 13.9 Å².